The molecule has 0 aliphatic carbocycles. The molecule has 1 aliphatic rings. The van der Waals surface area contributed by atoms with Crippen molar-refractivity contribution in [3.05, 3.63) is 0 Å². The van der Waals surface area contributed by atoms with Crippen molar-refractivity contribution in [2.75, 3.05) is 0 Å². The van der Waals surface area contributed by atoms with E-state index in [0.29, 0.717) is 5.06 Å². The zero-order chi connectivity index (χ0) is 7.72. The van der Waals surface area contributed by atoms with E-state index in [0.717, 1.165) is 6.92 Å². The fraction of sp³-hybridized carbons (Fsp3) is 0.400. The second-order valence-electron chi connectivity index (χ2n) is 1.84. The van der Waals surface area contributed by atoms with Crippen molar-refractivity contribution in [2.24, 2.45) is 0 Å². The minimum atomic E-state index is -0.665. The van der Waals surface area contributed by atoms with Gasteiger partial charge in [0, 0.05) is 6.92 Å². The van der Waals surface area contributed by atoms with Crippen LogP contribution in [-0.2, 0) is 19.2 Å². The van der Waals surface area contributed by atoms with Gasteiger partial charge < -0.3 is 4.84 Å². The lowest BCUT2D eigenvalue weighted by molar-refractivity contribution is -0.213. The molecule has 0 aromatic heterocycles. The van der Waals surface area contributed by atoms with Crippen molar-refractivity contribution in [3.8, 4) is 0 Å². The van der Waals surface area contributed by atoms with Gasteiger partial charge in [0.1, 0.15) is 6.42 Å². The van der Waals surface area contributed by atoms with Crippen molar-refractivity contribution in [3.63, 3.8) is 0 Å². The standard InChI is InChI=1S/C5H5NO4/c1-3(7)10-6-4(8)2-5(6)9/h2H2,1H3. The third kappa shape index (κ3) is 0.975. The van der Waals surface area contributed by atoms with Gasteiger partial charge in [-0.05, 0) is 0 Å². The molecule has 10 heavy (non-hydrogen) atoms. The molecule has 0 radical (unpaired) electrons. The van der Waals surface area contributed by atoms with Crippen molar-refractivity contribution in [2.45, 2.75) is 13.3 Å². The first kappa shape index (κ1) is 6.73. The van der Waals surface area contributed by atoms with E-state index in [1.54, 1.807) is 0 Å². The van der Waals surface area contributed by atoms with Crippen LogP contribution >= 0.6 is 0 Å². The molecule has 0 saturated carbocycles. The lowest BCUT2D eigenvalue weighted by atomic mass is 10.2. The van der Waals surface area contributed by atoms with Gasteiger partial charge in [-0.15, -0.1) is 5.06 Å². The van der Waals surface area contributed by atoms with Gasteiger partial charge in [0.15, 0.2) is 0 Å². The van der Waals surface area contributed by atoms with Crippen LogP contribution in [0.1, 0.15) is 13.3 Å². The number of imide groups is 1. The summed E-state index contributed by atoms with van der Waals surface area (Å²) in [5.74, 6) is -1.61. The summed E-state index contributed by atoms with van der Waals surface area (Å²) in [6.45, 7) is 1.12. The smallest absolute Gasteiger partial charge is 0.330 e. The predicted octanol–water partition coefficient (Wildman–Crippen LogP) is -0.777. The minimum absolute atomic E-state index is 0.159. The van der Waals surface area contributed by atoms with Crippen LogP contribution in [0.2, 0.25) is 0 Å². The molecule has 0 atom stereocenters. The van der Waals surface area contributed by atoms with Crippen LogP contribution in [0.25, 0.3) is 0 Å². The van der Waals surface area contributed by atoms with Crippen LogP contribution in [0.3, 0.4) is 0 Å². The number of carbonyl (C=O) groups is 3. The number of carbonyl (C=O) groups excluding carboxylic acids is 3. The average molecular weight is 143 g/mol. The zero-order valence-electron chi connectivity index (χ0n) is 5.29. The number of nitrogens with zero attached hydrogens (tertiary/aromatic N) is 1. The van der Waals surface area contributed by atoms with Crippen molar-refractivity contribution < 1.29 is 19.2 Å². The van der Waals surface area contributed by atoms with Gasteiger partial charge in [-0.2, -0.15) is 0 Å². The van der Waals surface area contributed by atoms with Crippen LogP contribution < -0.4 is 0 Å². The summed E-state index contributed by atoms with van der Waals surface area (Å²) < 4.78 is 0. The minimum Gasteiger partial charge on any atom is -0.331 e. The molecule has 1 fully saturated rings. The van der Waals surface area contributed by atoms with Gasteiger partial charge in [0.05, 0.1) is 0 Å². The first-order valence-electron chi connectivity index (χ1n) is 2.65. The number of hydrogen-bond donors (Lipinski definition) is 0. The molecule has 5 heteroatoms. The van der Waals surface area contributed by atoms with Crippen LogP contribution in [0.5, 0.6) is 0 Å². The Bertz CT molecular complexity index is 196. The number of β-lactam (4-membered cyclic amide) rings is 2. The van der Waals surface area contributed by atoms with Crippen molar-refractivity contribution in [1.82, 2.24) is 5.06 Å². The Morgan fingerprint density at radius 3 is 2.20 bits per heavy atom. The summed E-state index contributed by atoms with van der Waals surface area (Å²) in [5.41, 5.74) is 0. The number of amides is 2. The van der Waals surface area contributed by atoms with Crippen LogP contribution in [-0.4, -0.2) is 22.8 Å². The van der Waals surface area contributed by atoms with E-state index in [-0.39, 0.29) is 6.42 Å². The molecule has 0 bridgehead atoms. The summed E-state index contributed by atoms with van der Waals surface area (Å²) in [6.07, 6.45) is -0.159. The van der Waals surface area contributed by atoms with Crippen LogP contribution in [0.4, 0.5) is 0 Å². The topological polar surface area (TPSA) is 63.7 Å². The molecule has 1 rings (SSSR count). The summed E-state index contributed by atoms with van der Waals surface area (Å²) in [6, 6.07) is 0. The molecule has 5 nitrogen and oxygen atoms in total. The quantitative estimate of drug-likeness (QED) is 0.357. The summed E-state index contributed by atoms with van der Waals surface area (Å²) in [4.78, 5) is 35.2. The molecule has 0 N–H and O–H groups in total. The molecule has 2 amide bonds. The maximum atomic E-state index is 10.4. The lowest BCUT2D eigenvalue weighted by Gasteiger charge is -2.24. The number of hydrogen-bond acceptors (Lipinski definition) is 4. The monoisotopic (exact) mass is 143 g/mol. The second-order valence-corrected chi connectivity index (χ2v) is 1.84. The van der Waals surface area contributed by atoms with E-state index >= 15 is 0 Å². The molecule has 1 heterocycles. The molecule has 0 spiro atoms. The molecule has 0 unspecified atom stereocenters. The van der Waals surface area contributed by atoms with Gasteiger partial charge in [-0.3, -0.25) is 9.59 Å². The van der Waals surface area contributed by atoms with E-state index in [4.69, 9.17) is 0 Å². The van der Waals surface area contributed by atoms with E-state index in [9.17, 15) is 14.4 Å². The molecule has 54 valence electrons. The van der Waals surface area contributed by atoms with Crippen molar-refractivity contribution in [1.29, 1.82) is 0 Å². The van der Waals surface area contributed by atoms with Crippen molar-refractivity contribution >= 4 is 17.8 Å². The number of hydroxylamine groups is 2. The van der Waals surface area contributed by atoms with E-state index in [1.807, 2.05) is 0 Å². The van der Waals surface area contributed by atoms with Gasteiger partial charge >= 0.3 is 5.97 Å². The highest BCUT2D eigenvalue weighted by atomic mass is 16.7. The Balaban J connectivity index is 2.48. The fourth-order valence-corrected chi connectivity index (χ4v) is 0.551. The van der Waals surface area contributed by atoms with E-state index in [1.165, 1.54) is 0 Å². The molecule has 1 saturated heterocycles. The van der Waals surface area contributed by atoms with Crippen LogP contribution in [0.15, 0.2) is 0 Å². The molecule has 1 aliphatic heterocycles. The fourth-order valence-electron chi connectivity index (χ4n) is 0.551. The Morgan fingerprint density at radius 1 is 1.50 bits per heavy atom. The highest BCUT2D eigenvalue weighted by Crippen LogP contribution is 2.10. The molecular weight excluding hydrogens is 138 g/mol. The molecule has 0 aromatic carbocycles. The Hall–Kier alpha value is -1.39. The largest absolute Gasteiger partial charge is 0.331 e. The van der Waals surface area contributed by atoms with Gasteiger partial charge in [0.25, 0.3) is 11.8 Å². The Kier molecular flexibility index (Phi) is 1.41. The molecular formula is C5H5NO4. The van der Waals surface area contributed by atoms with Gasteiger partial charge in [0.2, 0.25) is 0 Å². The Labute approximate surface area is 56.5 Å². The van der Waals surface area contributed by atoms with Gasteiger partial charge in [-0.25, -0.2) is 4.79 Å². The third-order valence-corrected chi connectivity index (χ3v) is 0.975. The first-order chi connectivity index (χ1) is 4.61. The van der Waals surface area contributed by atoms with Crippen LogP contribution in [0, 0.1) is 0 Å². The predicted molar refractivity (Wildman–Crippen MR) is 28.2 cm³/mol. The first-order valence-corrected chi connectivity index (χ1v) is 2.65. The second kappa shape index (κ2) is 2.09. The highest BCUT2D eigenvalue weighted by molar-refractivity contribution is 6.14. The third-order valence-electron chi connectivity index (χ3n) is 0.975. The SMILES string of the molecule is CC(=O)ON1C(=O)CC1=O. The average Bonchev–Trinajstić information content (AvgIpc) is 1.84. The summed E-state index contributed by atoms with van der Waals surface area (Å²) in [7, 11) is 0. The number of rotatable bonds is 1. The summed E-state index contributed by atoms with van der Waals surface area (Å²) >= 11 is 0. The van der Waals surface area contributed by atoms with Gasteiger partial charge in [-0.1, -0.05) is 0 Å². The maximum Gasteiger partial charge on any atom is 0.330 e. The lowest BCUT2D eigenvalue weighted by Crippen LogP contribution is -2.49. The normalized spacial score (nSPS) is 16.7. The maximum absolute atomic E-state index is 10.4. The highest BCUT2D eigenvalue weighted by Gasteiger charge is 2.37. The molecule has 0 aromatic rings. The summed E-state index contributed by atoms with van der Waals surface area (Å²) in [5, 5.41) is 0.461. The zero-order valence-corrected chi connectivity index (χ0v) is 5.29. The Morgan fingerprint density at radius 2 is 2.00 bits per heavy atom. The van der Waals surface area contributed by atoms with E-state index < -0.39 is 17.8 Å². The van der Waals surface area contributed by atoms with E-state index in [2.05, 4.69) is 4.84 Å².